The van der Waals surface area contributed by atoms with Gasteiger partial charge in [-0.05, 0) is 11.8 Å². The molecule has 0 spiro atoms. The Labute approximate surface area is 71.6 Å². The summed E-state index contributed by atoms with van der Waals surface area (Å²) in [6, 6.07) is 0. The van der Waals surface area contributed by atoms with E-state index >= 15 is 0 Å². The van der Waals surface area contributed by atoms with Crippen LogP contribution in [0.25, 0.3) is 0 Å². The molecule has 0 radical (unpaired) electrons. The fraction of sp³-hybridized carbons (Fsp3) is 0.600. The first kappa shape index (κ1) is 8.79. The van der Waals surface area contributed by atoms with Gasteiger partial charge in [0, 0.05) is 0 Å². The van der Waals surface area contributed by atoms with Gasteiger partial charge in [0.15, 0.2) is 0 Å². The highest BCUT2D eigenvalue weighted by Gasteiger charge is 2.25. The van der Waals surface area contributed by atoms with Crippen LogP contribution in [-0.4, -0.2) is 8.80 Å². The summed E-state index contributed by atoms with van der Waals surface area (Å²) >= 11 is 0. The normalized spacial score (nSPS) is 22.1. The predicted molar refractivity (Wildman–Crippen MR) is 54.5 cm³/mol. The van der Waals surface area contributed by atoms with Crippen LogP contribution in [0, 0.1) is 5.41 Å². The van der Waals surface area contributed by atoms with Crippen LogP contribution in [0.15, 0.2) is 23.4 Å². The van der Waals surface area contributed by atoms with E-state index in [9.17, 15) is 0 Å². The van der Waals surface area contributed by atoms with Crippen molar-refractivity contribution in [3.05, 3.63) is 23.4 Å². The quantitative estimate of drug-likeness (QED) is 0.525. The lowest BCUT2D eigenvalue weighted by Crippen LogP contribution is -2.24. The summed E-state index contributed by atoms with van der Waals surface area (Å²) in [7, 11) is -0.567. The molecule has 0 heterocycles. The minimum Gasteiger partial charge on any atom is -0.0837 e. The van der Waals surface area contributed by atoms with Gasteiger partial charge in [-0.3, -0.25) is 0 Å². The van der Waals surface area contributed by atoms with E-state index in [4.69, 9.17) is 0 Å². The molecule has 0 nitrogen and oxygen atoms in total. The van der Waals surface area contributed by atoms with Crippen molar-refractivity contribution < 1.29 is 0 Å². The molecule has 0 aromatic carbocycles. The van der Waals surface area contributed by atoms with Gasteiger partial charge >= 0.3 is 0 Å². The van der Waals surface area contributed by atoms with Gasteiger partial charge in [0.05, 0.1) is 8.80 Å². The van der Waals surface area contributed by atoms with Crippen LogP contribution >= 0.6 is 0 Å². The second-order valence-corrected chi connectivity index (χ2v) is 7.22. The van der Waals surface area contributed by atoms with Crippen LogP contribution in [0.4, 0.5) is 0 Å². The fourth-order valence-corrected chi connectivity index (χ4v) is 4.03. The molecule has 0 unspecified atom stereocenters. The van der Waals surface area contributed by atoms with Gasteiger partial charge in [0.25, 0.3) is 0 Å². The topological polar surface area (TPSA) is 0 Å². The van der Waals surface area contributed by atoms with E-state index in [2.05, 4.69) is 45.2 Å². The first-order valence-electron chi connectivity index (χ1n) is 4.41. The van der Waals surface area contributed by atoms with Crippen LogP contribution in [0.5, 0.6) is 0 Å². The van der Waals surface area contributed by atoms with E-state index in [1.807, 2.05) is 0 Å². The molecule has 1 rings (SSSR count). The van der Waals surface area contributed by atoms with Gasteiger partial charge in [0.2, 0.25) is 0 Å². The first-order chi connectivity index (χ1) is 5.04. The Morgan fingerprint density at radius 3 is 2.36 bits per heavy atom. The Bertz CT molecular complexity index is 197. The zero-order valence-corrected chi connectivity index (χ0v) is 9.17. The van der Waals surface area contributed by atoms with Crippen molar-refractivity contribution in [2.45, 2.75) is 33.4 Å². The third-order valence-electron chi connectivity index (χ3n) is 2.44. The van der Waals surface area contributed by atoms with Gasteiger partial charge < -0.3 is 0 Å². The summed E-state index contributed by atoms with van der Waals surface area (Å²) in [5.41, 5.74) is 0.454. The molecule has 0 bridgehead atoms. The lowest BCUT2D eigenvalue weighted by atomic mass is 9.86. The monoisotopic (exact) mass is 166 g/mol. The van der Waals surface area contributed by atoms with Crippen molar-refractivity contribution in [2.75, 3.05) is 0 Å². The molecule has 1 aliphatic rings. The molecular weight excluding hydrogens is 148 g/mol. The molecule has 1 aliphatic carbocycles. The molecule has 0 aliphatic heterocycles. The molecule has 1 heteroatoms. The second-order valence-electron chi connectivity index (χ2n) is 4.29. The van der Waals surface area contributed by atoms with Crippen LogP contribution in [0.1, 0.15) is 20.3 Å². The van der Waals surface area contributed by atoms with Gasteiger partial charge in [-0.25, -0.2) is 0 Å². The molecule has 0 saturated carbocycles. The van der Waals surface area contributed by atoms with Gasteiger partial charge in [-0.15, -0.1) is 0 Å². The van der Waals surface area contributed by atoms with E-state index in [-0.39, 0.29) is 0 Å². The van der Waals surface area contributed by atoms with Crippen LogP contribution in [0.2, 0.25) is 13.1 Å². The Hall–Kier alpha value is -0.303. The number of hydrogen-bond acceptors (Lipinski definition) is 0. The van der Waals surface area contributed by atoms with E-state index in [1.54, 1.807) is 5.20 Å². The Morgan fingerprint density at radius 1 is 1.36 bits per heavy atom. The van der Waals surface area contributed by atoms with E-state index in [1.165, 1.54) is 6.42 Å². The summed E-state index contributed by atoms with van der Waals surface area (Å²) in [5.74, 6) is 0. The fourth-order valence-electron chi connectivity index (χ4n) is 1.85. The molecular formula is C10H18Si. The molecule has 0 fully saturated rings. The van der Waals surface area contributed by atoms with Crippen LogP contribution in [-0.2, 0) is 0 Å². The van der Waals surface area contributed by atoms with Crippen molar-refractivity contribution in [1.29, 1.82) is 0 Å². The first-order valence-corrected chi connectivity index (χ1v) is 7.30. The Kier molecular flexibility index (Phi) is 2.38. The summed E-state index contributed by atoms with van der Waals surface area (Å²) < 4.78 is 0. The Morgan fingerprint density at radius 2 is 2.00 bits per heavy atom. The standard InChI is InChI=1S/C10H18Si/c1-10(2)8-6-5-7-9(10)11(3)4/h5-7,11H,8H2,1-4H3. The zero-order chi connectivity index (χ0) is 8.48. The molecule has 0 aromatic heterocycles. The highest BCUT2D eigenvalue weighted by molar-refractivity contribution is 6.64. The maximum atomic E-state index is 2.41. The maximum absolute atomic E-state index is 2.41. The summed E-state index contributed by atoms with van der Waals surface area (Å²) in [5, 5.41) is 1.72. The smallest absolute Gasteiger partial charge is 0.0602 e. The van der Waals surface area contributed by atoms with Gasteiger partial charge in [-0.2, -0.15) is 0 Å². The van der Waals surface area contributed by atoms with E-state index < -0.39 is 8.80 Å². The third-order valence-corrected chi connectivity index (χ3v) is 4.66. The van der Waals surface area contributed by atoms with E-state index in [0.29, 0.717) is 5.41 Å². The third kappa shape index (κ3) is 1.83. The van der Waals surface area contributed by atoms with Crippen molar-refractivity contribution in [1.82, 2.24) is 0 Å². The predicted octanol–water partition coefficient (Wildman–Crippen LogP) is 2.92. The minimum atomic E-state index is -0.567. The summed E-state index contributed by atoms with van der Waals surface area (Å²) in [6.45, 7) is 9.53. The molecule has 0 saturated heterocycles. The average molecular weight is 166 g/mol. The van der Waals surface area contributed by atoms with Gasteiger partial charge in [-0.1, -0.05) is 50.4 Å². The van der Waals surface area contributed by atoms with Crippen molar-refractivity contribution >= 4 is 8.80 Å². The summed E-state index contributed by atoms with van der Waals surface area (Å²) in [4.78, 5) is 0. The van der Waals surface area contributed by atoms with Gasteiger partial charge in [0.1, 0.15) is 0 Å². The molecule has 62 valence electrons. The maximum Gasteiger partial charge on any atom is 0.0602 e. The number of hydrogen-bond donors (Lipinski definition) is 0. The number of rotatable bonds is 1. The van der Waals surface area contributed by atoms with E-state index in [0.717, 1.165) is 0 Å². The van der Waals surface area contributed by atoms with Crippen LogP contribution < -0.4 is 0 Å². The lowest BCUT2D eigenvalue weighted by Gasteiger charge is -2.31. The van der Waals surface area contributed by atoms with Crippen molar-refractivity contribution in [3.63, 3.8) is 0 Å². The largest absolute Gasteiger partial charge is 0.0837 e. The SMILES string of the molecule is C[SiH](C)C1=CC=CCC1(C)C. The summed E-state index contributed by atoms with van der Waals surface area (Å²) in [6.07, 6.45) is 8.05. The minimum absolute atomic E-state index is 0.454. The molecule has 0 aromatic rings. The zero-order valence-electron chi connectivity index (χ0n) is 8.02. The van der Waals surface area contributed by atoms with Crippen molar-refractivity contribution in [2.24, 2.45) is 5.41 Å². The lowest BCUT2D eigenvalue weighted by molar-refractivity contribution is 0.469. The average Bonchev–Trinajstić information content (AvgIpc) is 1.85. The molecule has 0 N–H and O–H groups in total. The van der Waals surface area contributed by atoms with Crippen molar-refractivity contribution in [3.8, 4) is 0 Å². The second kappa shape index (κ2) is 2.98. The van der Waals surface area contributed by atoms with Crippen LogP contribution in [0.3, 0.4) is 0 Å². The molecule has 11 heavy (non-hydrogen) atoms. The molecule has 0 atom stereocenters. The highest BCUT2D eigenvalue weighted by Crippen LogP contribution is 2.34. The highest BCUT2D eigenvalue weighted by atomic mass is 28.3. The number of allylic oxidation sites excluding steroid dienone is 4. The Balaban J connectivity index is 2.88. The molecule has 0 amide bonds.